The topological polar surface area (TPSA) is 259 Å². The molecule has 3 N–H and O–H groups in total. The number of nitrogens with zero attached hydrogens (tertiary/aromatic N) is 9. The molecule has 5 aliphatic heterocycles. The van der Waals surface area contributed by atoms with Gasteiger partial charge in [0.15, 0.2) is 0 Å². The molecule has 22 heteroatoms. The van der Waals surface area contributed by atoms with E-state index in [1.807, 2.05) is 12.1 Å². The van der Waals surface area contributed by atoms with Gasteiger partial charge >= 0.3 is 46.1 Å². The summed E-state index contributed by atoms with van der Waals surface area (Å²) >= 11 is 3.29. The van der Waals surface area contributed by atoms with Gasteiger partial charge in [0.25, 0.3) is 0 Å². The molecular formula is C44H58BrFN10O10. The summed E-state index contributed by atoms with van der Waals surface area (Å²) in [6, 6.07) is 8.29. The van der Waals surface area contributed by atoms with E-state index in [0.717, 1.165) is 101 Å². The Morgan fingerprint density at radius 1 is 0.682 bits per heavy atom. The van der Waals surface area contributed by atoms with Crippen LogP contribution in [0, 0.1) is 11.7 Å². The zero-order chi connectivity index (χ0) is 47.3. The molecule has 0 amide bonds. The third kappa shape index (κ3) is 12.8. The van der Waals surface area contributed by atoms with Crippen molar-refractivity contribution in [3.05, 3.63) is 116 Å². The zero-order valence-corrected chi connectivity index (χ0v) is 38.5. The van der Waals surface area contributed by atoms with Crippen molar-refractivity contribution in [2.24, 2.45) is 5.92 Å². The van der Waals surface area contributed by atoms with Gasteiger partial charge < -0.3 is 10.2 Å². The molecule has 0 saturated carbocycles. The average Bonchev–Trinajstić information content (AvgIpc) is 3.53. The van der Waals surface area contributed by atoms with Crippen LogP contribution in [0.1, 0.15) is 107 Å². The van der Waals surface area contributed by atoms with Gasteiger partial charge in [0.05, 0.1) is 0 Å². The van der Waals surface area contributed by atoms with Gasteiger partial charge in [0, 0.05) is 75.9 Å². The SMILES string of the molecule is O=C(O)C(=O)O.O=c1nc2n(c(=O)[nH]1)CCCC2.O=c1nc2n(c(=O)n1CCCBr)CCCC2.O=c1nc2n(c(=O)n1CCCN1C3CCC1CC(CCc1ccccc1F)C3)CCCC2. The Bertz CT molecular complexity index is 2680. The first kappa shape index (κ1) is 49.8. The number of aromatic nitrogens is 9. The maximum Gasteiger partial charge on any atom is 0.414 e. The Labute approximate surface area is 386 Å². The normalized spacial score (nSPS) is 19.3. The van der Waals surface area contributed by atoms with Gasteiger partial charge in [-0.25, -0.2) is 51.9 Å². The number of rotatable bonds is 10. The van der Waals surface area contributed by atoms with Crippen LogP contribution in [0.5, 0.6) is 0 Å². The summed E-state index contributed by atoms with van der Waals surface area (Å²) in [6.45, 7) is 3.84. The monoisotopic (exact) mass is 984 g/mol. The van der Waals surface area contributed by atoms with Crippen molar-refractivity contribution in [1.82, 2.24) is 47.7 Å². The van der Waals surface area contributed by atoms with Crippen molar-refractivity contribution < 1.29 is 24.2 Å². The number of fused-ring (bicyclic) bond motifs is 5. The number of H-pyrrole nitrogens is 1. The first-order valence-corrected chi connectivity index (χ1v) is 24.0. The van der Waals surface area contributed by atoms with Crippen molar-refractivity contribution in [2.75, 3.05) is 11.9 Å². The summed E-state index contributed by atoms with van der Waals surface area (Å²) in [5, 5.41) is 15.6. The minimum absolute atomic E-state index is 0.0873. The van der Waals surface area contributed by atoms with Crippen LogP contribution in [0.4, 0.5) is 4.39 Å². The maximum atomic E-state index is 13.9. The van der Waals surface area contributed by atoms with E-state index in [-0.39, 0.29) is 22.9 Å². The van der Waals surface area contributed by atoms with Crippen LogP contribution in [-0.4, -0.2) is 93.8 Å². The van der Waals surface area contributed by atoms with E-state index >= 15 is 0 Å². The Morgan fingerprint density at radius 3 is 1.70 bits per heavy atom. The number of halogens is 2. The van der Waals surface area contributed by atoms with Crippen molar-refractivity contribution in [3.8, 4) is 0 Å². The number of alkyl halides is 1. The molecule has 8 heterocycles. The fourth-order valence-electron chi connectivity index (χ4n) is 9.59. The molecule has 66 heavy (non-hydrogen) atoms. The molecule has 0 spiro atoms. The smallest absolute Gasteiger partial charge is 0.414 e. The molecule has 1 aromatic carbocycles. The van der Waals surface area contributed by atoms with Crippen LogP contribution in [0.25, 0.3) is 0 Å². The second-order valence-electron chi connectivity index (χ2n) is 17.2. The third-order valence-electron chi connectivity index (χ3n) is 12.8. The van der Waals surface area contributed by atoms with Crippen LogP contribution in [0.2, 0.25) is 0 Å². The molecule has 0 radical (unpaired) electrons. The summed E-state index contributed by atoms with van der Waals surface area (Å²) < 4.78 is 21.4. The lowest BCUT2D eigenvalue weighted by Crippen LogP contribution is -2.46. The highest BCUT2D eigenvalue weighted by molar-refractivity contribution is 9.09. The molecule has 2 saturated heterocycles. The van der Waals surface area contributed by atoms with E-state index in [4.69, 9.17) is 19.8 Å². The van der Waals surface area contributed by atoms with E-state index in [1.54, 1.807) is 21.3 Å². The summed E-state index contributed by atoms with van der Waals surface area (Å²) in [6.07, 6.45) is 16.4. The van der Waals surface area contributed by atoms with E-state index < -0.39 is 29.0 Å². The largest absolute Gasteiger partial charge is 0.473 e. The van der Waals surface area contributed by atoms with Crippen LogP contribution < -0.4 is 34.1 Å². The Morgan fingerprint density at radius 2 is 1.18 bits per heavy atom. The molecule has 9 rings (SSSR count). The molecule has 2 fully saturated rings. The molecule has 2 unspecified atom stereocenters. The van der Waals surface area contributed by atoms with E-state index in [2.05, 4.69) is 40.8 Å². The van der Waals surface area contributed by atoms with Crippen LogP contribution in [0.15, 0.2) is 53.0 Å². The number of aromatic amines is 1. The van der Waals surface area contributed by atoms with E-state index in [9.17, 15) is 33.2 Å². The highest BCUT2D eigenvalue weighted by atomic mass is 79.9. The van der Waals surface area contributed by atoms with Gasteiger partial charge in [-0.3, -0.25) is 23.6 Å². The summed E-state index contributed by atoms with van der Waals surface area (Å²) in [5.41, 5.74) is -1.21. The summed E-state index contributed by atoms with van der Waals surface area (Å²) in [4.78, 5) is 106. The van der Waals surface area contributed by atoms with E-state index in [0.29, 0.717) is 68.2 Å². The van der Waals surface area contributed by atoms with Gasteiger partial charge in [-0.2, -0.15) is 15.0 Å². The molecule has 0 aliphatic carbocycles. The first-order valence-electron chi connectivity index (χ1n) is 22.9. The minimum Gasteiger partial charge on any atom is -0.473 e. The molecule has 5 aliphatic rings. The van der Waals surface area contributed by atoms with Gasteiger partial charge in [-0.15, -0.1) is 0 Å². The fourth-order valence-corrected chi connectivity index (χ4v) is 9.84. The van der Waals surface area contributed by atoms with E-state index in [1.165, 1.54) is 39.4 Å². The summed E-state index contributed by atoms with van der Waals surface area (Å²) in [7, 11) is 0. The van der Waals surface area contributed by atoms with Crippen molar-refractivity contribution >= 4 is 27.9 Å². The number of aliphatic carboxylic acids is 2. The molecule has 20 nitrogen and oxygen atoms in total. The number of carboxylic acids is 2. The van der Waals surface area contributed by atoms with Crippen LogP contribution in [-0.2, 0) is 68.0 Å². The second kappa shape index (κ2) is 23.7. The maximum absolute atomic E-state index is 13.9. The second-order valence-corrected chi connectivity index (χ2v) is 18.0. The number of carboxylic acid groups (broad SMARTS) is 2. The quantitative estimate of drug-likeness (QED) is 0.152. The van der Waals surface area contributed by atoms with Crippen molar-refractivity contribution in [1.29, 1.82) is 0 Å². The standard InChI is InChI=1S/C25H33FN4O2.C10H14BrN3O2.C7H9N3O2.C2H2O4/c26-22-7-2-1-6-19(22)10-9-18-16-20-11-12-21(17-18)28(20)14-5-15-30-24(31)27-23-8-3-4-13-29(23)25(30)32;11-5-3-7-14-9(15)12-8-4-1-2-6-13(8)10(14)16;11-6-8-5-3-1-2-4-10(5)7(12)9-6;3-1(4)2(5)6/h1-2,6-7,18,20-21H,3-5,8-17H2;1-7H2;1-4H2,(H,9,11,12);(H,3,4)(H,5,6). The average molecular weight is 986 g/mol. The number of hydrogen-bond acceptors (Lipinski definition) is 12. The highest BCUT2D eigenvalue weighted by Crippen LogP contribution is 2.40. The van der Waals surface area contributed by atoms with Crippen LogP contribution >= 0.6 is 15.9 Å². The van der Waals surface area contributed by atoms with Crippen LogP contribution in [0.3, 0.4) is 0 Å². The predicted molar refractivity (Wildman–Crippen MR) is 243 cm³/mol. The Kier molecular flexibility index (Phi) is 17.9. The molecular weight excluding hydrogens is 927 g/mol. The Balaban J connectivity index is 0.000000175. The molecule has 3 aromatic heterocycles. The number of piperidine rings is 1. The molecule has 2 atom stereocenters. The minimum atomic E-state index is -1.82. The Hall–Kier alpha value is -5.64. The highest BCUT2D eigenvalue weighted by Gasteiger charge is 2.40. The lowest BCUT2D eigenvalue weighted by molar-refractivity contribution is -0.159. The number of nitrogens with one attached hydrogen (secondary N) is 1. The number of benzene rings is 1. The van der Waals surface area contributed by atoms with Gasteiger partial charge in [-0.05, 0) is 107 Å². The molecule has 4 aromatic rings. The lowest BCUT2D eigenvalue weighted by atomic mass is 9.86. The predicted octanol–water partition coefficient (Wildman–Crippen LogP) is 2.10. The molecule has 2 bridgehead atoms. The molecule has 358 valence electrons. The lowest BCUT2D eigenvalue weighted by Gasteiger charge is -2.39. The number of aryl methyl sites for hydroxylation is 4. The number of carbonyl (C=O) groups is 2. The first-order chi connectivity index (χ1) is 31.7. The fraction of sp³-hybridized carbons (Fsp3) is 0.614. The van der Waals surface area contributed by atoms with Crippen molar-refractivity contribution in [2.45, 2.75) is 154 Å². The van der Waals surface area contributed by atoms with Gasteiger partial charge in [0.1, 0.15) is 23.3 Å². The van der Waals surface area contributed by atoms with Gasteiger partial charge in [-0.1, -0.05) is 34.1 Å². The van der Waals surface area contributed by atoms with Gasteiger partial charge in [0.2, 0.25) is 0 Å². The third-order valence-corrected chi connectivity index (χ3v) is 13.4. The summed E-state index contributed by atoms with van der Waals surface area (Å²) in [5.74, 6) is -1.16. The zero-order valence-electron chi connectivity index (χ0n) is 37.0. The van der Waals surface area contributed by atoms with Crippen molar-refractivity contribution in [3.63, 3.8) is 0 Å². The number of hydrogen-bond donors (Lipinski definition) is 3.